The van der Waals surface area contributed by atoms with E-state index in [1.54, 1.807) is 19.2 Å². The first-order chi connectivity index (χ1) is 9.79. The molecular weight excluding hydrogens is 375 g/mol. The van der Waals surface area contributed by atoms with Gasteiger partial charge in [-0.25, -0.2) is 4.68 Å². The molecule has 0 saturated heterocycles. The molecule has 0 bridgehead atoms. The molecule has 0 atom stereocenters. The molecule has 112 valence electrons. The maximum absolute atomic E-state index is 12.0. The lowest BCUT2D eigenvalue weighted by Gasteiger charge is -2.11. The van der Waals surface area contributed by atoms with E-state index in [9.17, 15) is 4.79 Å². The highest BCUT2D eigenvalue weighted by atomic mass is 79.9. The van der Waals surface area contributed by atoms with Gasteiger partial charge in [-0.15, -0.1) is 0 Å². The van der Waals surface area contributed by atoms with Crippen LogP contribution in [0.4, 0.5) is 0 Å². The molecule has 1 heterocycles. The smallest absolute Gasteiger partial charge is 0.268 e. The van der Waals surface area contributed by atoms with E-state index < -0.39 is 0 Å². The zero-order chi connectivity index (χ0) is 15.7. The van der Waals surface area contributed by atoms with Gasteiger partial charge in [0.2, 0.25) is 0 Å². The third kappa shape index (κ3) is 3.68. The second kappa shape index (κ2) is 6.51. The standard InChI is InChI=1S/C15H15BrCl2N2O/c1-8(2)11-6-10(19-20(3)15(11)21)7-12-13(17)4-9(16)5-14(12)18/h4-6,8H,7H2,1-3H3. The summed E-state index contributed by atoms with van der Waals surface area (Å²) < 4.78 is 2.20. The Morgan fingerprint density at radius 1 is 1.24 bits per heavy atom. The van der Waals surface area contributed by atoms with Crippen LogP contribution < -0.4 is 5.56 Å². The Bertz CT molecular complexity index is 718. The molecule has 0 fully saturated rings. The second-order valence-corrected chi connectivity index (χ2v) is 6.93. The van der Waals surface area contributed by atoms with Gasteiger partial charge >= 0.3 is 0 Å². The quantitative estimate of drug-likeness (QED) is 0.770. The van der Waals surface area contributed by atoms with Crippen LogP contribution in [0.1, 0.15) is 36.6 Å². The molecule has 21 heavy (non-hydrogen) atoms. The predicted molar refractivity (Wildman–Crippen MR) is 90.5 cm³/mol. The average molecular weight is 390 g/mol. The van der Waals surface area contributed by atoms with E-state index in [4.69, 9.17) is 23.2 Å². The molecule has 2 aromatic rings. The van der Waals surface area contributed by atoms with Crippen molar-refractivity contribution in [2.24, 2.45) is 7.05 Å². The van der Waals surface area contributed by atoms with E-state index in [0.717, 1.165) is 21.3 Å². The summed E-state index contributed by atoms with van der Waals surface area (Å²) in [7, 11) is 1.66. The van der Waals surface area contributed by atoms with Crippen LogP contribution in [-0.2, 0) is 13.5 Å². The Balaban J connectivity index is 2.48. The molecule has 1 aromatic heterocycles. The zero-order valence-corrected chi connectivity index (χ0v) is 15.1. The number of aromatic nitrogens is 2. The van der Waals surface area contributed by atoms with Crippen molar-refractivity contribution in [1.82, 2.24) is 9.78 Å². The molecule has 0 aliphatic rings. The van der Waals surface area contributed by atoms with Crippen molar-refractivity contribution in [3.63, 3.8) is 0 Å². The summed E-state index contributed by atoms with van der Waals surface area (Å²) in [5.74, 6) is 0.140. The highest BCUT2D eigenvalue weighted by Gasteiger charge is 2.13. The fourth-order valence-corrected chi connectivity index (χ4v) is 3.46. The Hall–Kier alpha value is -0.840. The van der Waals surface area contributed by atoms with Gasteiger partial charge in [0.1, 0.15) is 0 Å². The minimum absolute atomic E-state index is 0.0678. The molecular formula is C15H15BrCl2N2O. The van der Waals surface area contributed by atoms with Crippen LogP contribution in [0.2, 0.25) is 10.0 Å². The van der Waals surface area contributed by atoms with E-state index in [0.29, 0.717) is 16.5 Å². The average Bonchev–Trinajstić information content (AvgIpc) is 2.37. The summed E-state index contributed by atoms with van der Waals surface area (Å²) >= 11 is 15.8. The predicted octanol–water partition coefficient (Wildman–Crippen LogP) is 4.56. The van der Waals surface area contributed by atoms with E-state index >= 15 is 0 Å². The molecule has 0 saturated carbocycles. The zero-order valence-electron chi connectivity index (χ0n) is 12.0. The monoisotopic (exact) mass is 388 g/mol. The molecule has 2 rings (SSSR count). The lowest BCUT2D eigenvalue weighted by molar-refractivity contribution is 0.658. The van der Waals surface area contributed by atoms with Gasteiger partial charge in [0, 0.05) is 33.5 Å². The van der Waals surface area contributed by atoms with Gasteiger partial charge in [-0.1, -0.05) is 53.0 Å². The number of hydrogen-bond acceptors (Lipinski definition) is 2. The number of nitrogens with zero attached hydrogens (tertiary/aromatic N) is 2. The van der Waals surface area contributed by atoms with Crippen molar-refractivity contribution in [3.05, 3.63) is 59.9 Å². The molecule has 0 unspecified atom stereocenters. The molecule has 6 heteroatoms. The Morgan fingerprint density at radius 2 is 1.81 bits per heavy atom. The molecule has 0 aliphatic heterocycles. The number of rotatable bonds is 3. The molecule has 3 nitrogen and oxygen atoms in total. The maximum atomic E-state index is 12.0. The highest BCUT2D eigenvalue weighted by molar-refractivity contribution is 9.10. The molecule has 0 N–H and O–H groups in total. The minimum atomic E-state index is -0.0678. The van der Waals surface area contributed by atoms with Crippen LogP contribution in [0.3, 0.4) is 0 Å². The van der Waals surface area contributed by atoms with Gasteiger partial charge in [0.25, 0.3) is 5.56 Å². The molecule has 0 aliphatic carbocycles. The van der Waals surface area contributed by atoms with Crippen molar-refractivity contribution >= 4 is 39.1 Å². The second-order valence-electron chi connectivity index (χ2n) is 5.20. The van der Waals surface area contributed by atoms with E-state index in [1.165, 1.54) is 4.68 Å². The Kier molecular flexibility index (Phi) is 5.12. The van der Waals surface area contributed by atoms with Crippen LogP contribution in [0.5, 0.6) is 0 Å². The van der Waals surface area contributed by atoms with Crippen LogP contribution in [0.25, 0.3) is 0 Å². The van der Waals surface area contributed by atoms with Gasteiger partial charge < -0.3 is 0 Å². The topological polar surface area (TPSA) is 34.9 Å². The van der Waals surface area contributed by atoms with Crippen molar-refractivity contribution in [2.75, 3.05) is 0 Å². The van der Waals surface area contributed by atoms with Crippen LogP contribution >= 0.6 is 39.1 Å². The summed E-state index contributed by atoms with van der Waals surface area (Å²) in [5.41, 5.74) is 2.25. The largest absolute Gasteiger partial charge is 0.269 e. The van der Waals surface area contributed by atoms with E-state index in [1.807, 2.05) is 19.9 Å². The SMILES string of the molecule is CC(C)c1cc(Cc2c(Cl)cc(Br)cc2Cl)nn(C)c1=O. The summed E-state index contributed by atoms with van der Waals surface area (Å²) in [6.07, 6.45) is 0.485. The van der Waals surface area contributed by atoms with Crippen molar-refractivity contribution in [2.45, 2.75) is 26.2 Å². The molecule has 0 amide bonds. The van der Waals surface area contributed by atoms with Crippen molar-refractivity contribution in [3.8, 4) is 0 Å². The minimum Gasteiger partial charge on any atom is -0.268 e. The molecule has 1 aromatic carbocycles. The maximum Gasteiger partial charge on any atom is 0.269 e. The van der Waals surface area contributed by atoms with Gasteiger partial charge in [-0.2, -0.15) is 5.10 Å². The Labute approximate surface area is 142 Å². The number of hydrogen-bond donors (Lipinski definition) is 0. The summed E-state index contributed by atoms with van der Waals surface area (Å²) in [6, 6.07) is 5.43. The Morgan fingerprint density at radius 3 is 2.33 bits per heavy atom. The lowest BCUT2D eigenvalue weighted by atomic mass is 10.0. The van der Waals surface area contributed by atoms with Crippen molar-refractivity contribution in [1.29, 1.82) is 0 Å². The molecule has 0 radical (unpaired) electrons. The summed E-state index contributed by atoms with van der Waals surface area (Å²) in [4.78, 5) is 12.0. The van der Waals surface area contributed by atoms with Crippen LogP contribution in [-0.4, -0.2) is 9.78 Å². The van der Waals surface area contributed by atoms with Gasteiger partial charge in [-0.3, -0.25) is 4.79 Å². The fourth-order valence-electron chi connectivity index (χ4n) is 2.12. The van der Waals surface area contributed by atoms with Gasteiger partial charge in [0.15, 0.2) is 0 Å². The third-order valence-electron chi connectivity index (χ3n) is 3.23. The van der Waals surface area contributed by atoms with Crippen LogP contribution in [0, 0.1) is 0 Å². The summed E-state index contributed by atoms with van der Waals surface area (Å²) in [6.45, 7) is 3.97. The van der Waals surface area contributed by atoms with Gasteiger partial charge in [0.05, 0.1) is 5.69 Å². The lowest BCUT2D eigenvalue weighted by Crippen LogP contribution is -2.25. The van der Waals surface area contributed by atoms with E-state index in [2.05, 4.69) is 21.0 Å². The van der Waals surface area contributed by atoms with E-state index in [-0.39, 0.29) is 11.5 Å². The highest BCUT2D eigenvalue weighted by Crippen LogP contribution is 2.30. The van der Waals surface area contributed by atoms with Crippen LogP contribution in [0.15, 0.2) is 27.5 Å². The van der Waals surface area contributed by atoms with Gasteiger partial charge in [-0.05, 0) is 29.7 Å². The first-order valence-corrected chi connectivity index (χ1v) is 8.05. The number of halogens is 3. The first kappa shape index (κ1) is 16.5. The first-order valence-electron chi connectivity index (χ1n) is 6.50. The van der Waals surface area contributed by atoms with Crippen molar-refractivity contribution < 1.29 is 0 Å². The normalized spacial score (nSPS) is 11.2. The molecule has 0 spiro atoms. The number of benzene rings is 1. The third-order valence-corrected chi connectivity index (χ3v) is 4.36. The fraction of sp³-hybridized carbons (Fsp3) is 0.333. The number of aryl methyl sites for hydroxylation is 1. The summed E-state index contributed by atoms with van der Waals surface area (Å²) in [5, 5.41) is 5.45.